The first-order chi connectivity index (χ1) is 9.09. The molecule has 1 aromatic heterocycles. The van der Waals surface area contributed by atoms with E-state index in [0.29, 0.717) is 32.2 Å². The number of aliphatic hydroxyl groups is 1. The highest BCUT2D eigenvalue weighted by atomic mass is 16.4. The average Bonchev–Trinajstić information content (AvgIpc) is 2.88. The zero-order chi connectivity index (χ0) is 13.7. The summed E-state index contributed by atoms with van der Waals surface area (Å²) in [5.74, 6) is -1.03. The van der Waals surface area contributed by atoms with Gasteiger partial charge in [-0.25, -0.2) is 0 Å². The van der Waals surface area contributed by atoms with E-state index in [4.69, 9.17) is 5.11 Å². The SMILES string of the molecule is O=C(O)C1CCC(O)(CNCCn2cccn2)CC1. The molecule has 1 aliphatic carbocycles. The Morgan fingerprint density at radius 2 is 2.21 bits per heavy atom. The molecule has 1 heterocycles. The van der Waals surface area contributed by atoms with E-state index in [1.807, 2.05) is 16.9 Å². The highest BCUT2D eigenvalue weighted by Gasteiger charge is 2.35. The Labute approximate surface area is 112 Å². The lowest BCUT2D eigenvalue weighted by atomic mass is 9.79. The van der Waals surface area contributed by atoms with Crippen LogP contribution < -0.4 is 5.32 Å². The van der Waals surface area contributed by atoms with Crippen LogP contribution in [-0.4, -0.2) is 44.7 Å². The fourth-order valence-corrected chi connectivity index (χ4v) is 2.53. The van der Waals surface area contributed by atoms with Crippen LogP contribution in [0, 0.1) is 5.92 Å². The van der Waals surface area contributed by atoms with E-state index in [-0.39, 0.29) is 5.92 Å². The van der Waals surface area contributed by atoms with Crippen molar-refractivity contribution in [2.45, 2.75) is 37.8 Å². The highest BCUT2D eigenvalue weighted by Crippen LogP contribution is 2.31. The smallest absolute Gasteiger partial charge is 0.306 e. The van der Waals surface area contributed by atoms with Gasteiger partial charge in [0.15, 0.2) is 0 Å². The normalized spacial score (nSPS) is 27.3. The number of hydrogen-bond acceptors (Lipinski definition) is 4. The first kappa shape index (κ1) is 14.0. The number of aliphatic carboxylic acids is 1. The summed E-state index contributed by atoms with van der Waals surface area (Å²) in [6, 6.07) is 1.88. The standard InChI is InChI=1S/C13H21N3O3/c17-12(18)11-2-4-13(19,5-3-11)10-14-7-9-16-8-1-6-15-16/h1,6,8,11,14,19H,2-5,7,9-10H2,(H,17,18). The van der Waals surface area contributed by atoms with E-state index in [1.165, 1.54) is 0 Å². The summed E-state index contributed by atoms with van der Waals surface area (Å²) < 4.78 is 1.83. The van der Waals surface area contributed by atoms with E-state index in [9.17, 15) is 9.90 Å². The van der Waals surface area contributed by atoms with Crippen molar-refractivity contribution in [1.82, 2.24) is 15.1 Å². The summed E-state index contributed by atoms with van der Waals surface area (Å²) in [4.78, 5) is 10.9. The average molecular weight is 267 g/mol. The number of aromatic nitrogens is 2. The summed E-state index contributed by atoms with van der Waals surface area (Å²) in [5.41, 5.74) is -0.754. The van der Waals surface area contributed by atoms with Gasteiger partial charge in [0, 0.05) is 25.5 Å². The van der Waals surface area contributed by atoms with Crippen molar-refractivity contribution < 1.29 is 15.0 Å². The molecule has 1 aliphatic rings. The Morgan fingerprint density at radius 3 is 2.79 bits per heavy atom. The van der Waals surface area contributed by atoms with Crippen LogP contribution in [0.2, 0.25) is 0 Å². The molecular formula is C13H21N3O3. The summed E-state index contributed by atoms with van der Waals surface area (Å²) in [6.07, 6.45) is 5.87. The third-order valence-corrected chi connectivity index (χ3v) is 3.80. The summed E-state index contributed by atoms with van der Waals surface area (Å²) in [7, 11) is 0. The van der Waals surface area contributed by atoms with E-state index in [0.717, 1.165) is 13.1 Å². The van der Waals surface area contributed by atoms with Gasteiger partial charge < -0.3 is 15.5 Å². The Bertz CT molecular complexity index is 397. The van der Waals surface area contributed by atoms with Crippen molar-refractivity contribution in [3.63, 3.8) is 0 Å². The first-order valence-corrected chi connectivity index (χ1v) is 6.72. The minimum atomic E-state index is -0.754. The van der Waals surface area contributed by atoms with Crippen molar-refractivity contribution in [2.75, 3.05) is 13.1 Å². The fraction of sp³-hybridized carbons (Fsp3) is 0.692. The van der Waals surface area contributed by atoms with E-state index < -0.39 is 11.6 Å². The molecule has 6 heteroatoms. The predicted octanol–water partition coefficient (Wildman–Crippen LogP) is 0.479. The van der Waals surface area contributed by atoms with Crippen LogP contribution in [0.25, 0.3) is 0 Å². The molecule has 19 heavy (non-hydrogen) atoms. The molecule has 0 unspecified atom stereocenters. The summed E-state index contributed by atoms with van der Waals surface area (Å²) in [5, 5.41) is 26.6. The lowest BCUT2D eigenvalue weighted by Crippen LogP contribution is -2.45. The van der Waals surface area contributed by atoms with Crippen LogP contribution >= 0.6 is 0 Å². The van der Waals surface area contributed by atoms with Crippen LogP contribution in [0.5, 0.6) is 0 Å². The number of nitrogens with zero attached hydrogens (tertiary/aromatic N) is 2. The minimum Gasteiger partial charge on any atom is -0.481 e. The fourth-order valence-electron chi connectivity index (χ4n) is 2.53. The van der Waals surface area contributed by atoms with Gasteiger partial charge in [-0.2, -0.15) is 5.10 Å². The summed E-state index contributed by atoms with van der Waals surface area (Å²) in [6.45, 7) is 2.02. The number of carboxylic acids is 1. The van der Waals surface area contributed by atoms with Gasteiger partial charge >= 0.3 is 5.97 Å². The largest absolute Gasteiger partial charge is 0.481 e. The van der Waals surface area contributed by atoms with Crippen molar-refractivity contribution in [1.29, 1.82) is 0 Å². The molecule has 1 saturated carbocycles. The van der Waals surface area contributed by atoms with Gasteiger partial charge in [-0.3, -0.25) is 9.48 Å². The second-order valence-corrected chi connectivity index (χ2v) is 5.28. The van der Waals surface area contributed by atoms with Crippen LogP contribution in [0.1, 0.15) is 25.7 Å². The molecule has 0 aromatic carbocycles. The third kappa shape index (κ3) is 4.04. The second-order valence-electron chi connectivity index (χ2n) is 5.28. The lowest BCUT2D eigenvalue weighted by Gasteiger charge is -2.34. The molecular weight excluding hydrogens is 246 g/mol. The first-order valence-electron chi connectivity index (χ1n) is 6.72. The minimum absolute atomic E-state index is 0.288. The molecule has 1 fully saturated rings. The van der Waals surface area contributed by atoms with Gasteiger partial charge in [0.1, 0.15) is 0 Å². The topological polar surface area (TPSA) is 87.4 Å². The van der Waals surface area contributed by atoms with Crippen LogP contribution in [0.3, 0.4) is 0 Å². The second kappa shape index (κ2) is 6.16. The maximum absolute atomic E-state index is 10.9. The molecule has 6 nitrogen and oxygen atoms in total. The van der Waals surface area contributed by atoms with Gasteiger partial charge in [-0.05, 0) is 31.7 Å². The summed E-state index contributed by atoms with van der Waals surface area (Å²) >= 11 is 0. The van der Waals surface area contributed by atoms with Crippen LogP contribution in [0.15, 0.2) is 18.5 Å². The van der Waals surface area contributed by atoms with Crippen molar-refractivity contribution in [2.24, 2.45) is 5.92 Å². The molecule has 0 bridgehead atoms. The lowest BCUT2D eigenvalue weighted by molar-refractivity contribution is -0.144. The molecule has 1 aromatic rings. The zero-order valence-corrected chi connectivity index (χ0v) is 11.0. The van der Waals surface area contributed by atoms with Gasteiger partial charge in [0.2, 0.25) is 0 Å². The number of carboxylic acid groups (broad SMARTS) is 1. The molecule has 2 rings (SSSR count). The Balaban J connectivity index is 1.66. The Hall–Kier alpha value is -1.40. The molecule has 106 valence electrons. The van der Waals surface area contributed by atoms with Crippen molar-refractivity contribution in [3.05, 3.63) is 18.5 Å². The number of carbonyl (C=O) groups is 1. The number of hydrogen-bond donors (Lipinski definition) is 3. The Morgan fingerprint density at radius 1 is 1.47 bits per heavy atom. The molecule has 0 amide bonds. The van der Waals surface area contributed by atoms with Gasteiger partial charge in [0.05, 0.1) is 18.1 Å². The number of nitrogens with one attached hydrogen (secondary N) is 1. The van der Waals surface area contributed by atoms with E-state index >= 15 is 0 Å². The molecule has 0 atom stereocenters. The quantitative estimate of drug-likeness (QED) is 0.652. The van der Waals surface area contributed by atoms with Crippen molar-refractivity contribution >= 4 is 5.97 Å². The van der Waals surface area contributed by atoms with Gasteiger partial charge in [-0.1, -0.05) is 0 Å². The number of rotatable bonds is 6. The van der Waals surface area contributed by atoms with E-state index in [1.54, 1.807) is 6.20 Å². The highest BCUT2D eigenvalue weighted by molar-refractivity contribution is 5.70. The monoisotopic (exact) mass is 267 g/mol. The maximum Gasteiger partial charge on any atom is 0.306 e. The third-order valence-electron chi connectivity index (χ3n) is 3.80. The maximum atomic E-state index is 10.9. The molecule has 0 radical (unpaired) electrons. The zero-order valence-electron chi connectivity index (χ0n) is 11.0. The molecule has 0 aliphatic heterocycles. The Kier molecular flexibility index (Phi) is 4.55. The van der Waals surface area contributed by atoms with Crippen LogP contribution in [-0.2, 0) is 11.3 Å². The van der Waals surface area contributed by atoms with Gasteiger partial charge in [-0.15, -0.1) is 0 Å². The predicted molar refractivity (Wildman–Crippen MR) is 69.6 cm³/mol. The van der Waals surface area contributed by atoms with Crippen molar-refractivity contribution in [3.8, 4) is 0 Å². The molecule has 0 spiro atoms. The molecule has 3 N–H and O–H groups in total. The van der Waals surface area contributed by atoms with Crippen LogP contribution in [0.4, 0.5) is 0 Å². The van der Waals surface area contributed by atoms with E-state index in [2.05, 4.69) is 10.4 Å². The van der Waals surface area contributed by atoms with Gasteiger partial charge in [0.25, 0.3) is 0 Å². The molecule has 0 saturated heterocycles.